The topological polar surface area (TPSA) is 204 Å². The Bertz CT molecular complexity index is 1510. The number of nitrogens with one attached hydrogen (secondary N) is 2. The first-order valence-electron chi connectivity index (χ1n) is 14.9. The number of benzene rings is 2. The Morgan fingerprint density at radius 1 is 0.935 bits per heavy atom. The molecular formula is C32H42ClN9O4. The number of amides is 2. The van der Waals surface area contributed by atoms with E-state index in [1.807, 2.05) is 43.3 Å². The molecule has 13 nitrogen and oxygen atoms in total. The Morgan fingerprint density at radius 3 is 2.13 bits per heavy atom. The van der Waals surface area contributed by atoms with Crippen LogP contribution in [0.3, 0.4) is 0 Å². The second-order valence-corrected chi connectivity index (χ2v) is 11.3. The van der Waals surface area contributed by atoms with Crippen LogP contribution in [0.2, 0.25) is 5.15 Å². The number of halogens is 1. The summed E-state index contributed by atoms with van der Waals surface area (Å²) >= 11 is 5.82. The van der Waals surface area contributed by atoms with Crippen molar-refractivity contribution in [3.63, 3.8) is 0 Å². The molecule has 0 saturated heterocycles. The molecule has 0 spiro atoms. The maximum Gasteiger partial charge on any atom is 0.328 e. The summed E-state index contributed by atoms with van der Waals surface area (Å²) in [5, 5.41) is 5.09. The molecule has 1 heterocycles. The highest BCUT2D eigenvalue weighted by Gasteiger charge is 2.21. The fourth-order valence-corrected chi connectivity index (χ4v) is 4.62. The summed E-state index contributed by atoms with van der Waals surface area (Å²) in [5.74, 6) is -1.57. The van der Waals surface area contributed by atoms with Gasteiger partial charge in [0.2, 0.25) is 5.91 Å². The zero-order valence-corrected chi connectivity index (χ0v) is 27.1. The smallest absolute Gasteiger partial charge is 0.328 e. The molecular weight excluding hydrogens is 610 g/mol. The summed E-state index contributed by atoms with van der Waals surface area (Å²) in [4.78, 5) is 50.6. The Hall–Kier alpha value is -4.75. The Labute approximate surface area is 273 Å². The lowest BCUT2D eigenvalue weighted by atomic mass is 9.99. The van der Waals surface area contributed by atoms with Gasteiger partial charge < -0.3 is 32.2 Å². The van der Waals surface area contributed by atoms with Crippen LogP contribution in [0.1, 0.15) is 47.3 Å². The Kier molecular flexibility index (Phi) is 13.7. The van der Waals surface area contributed by atoms with E-state index in [1.165, 1.54) is 12.7 Å². The van der Waals surface area contributed by atoms with Crippen molar-refractivity contribution in [1.82, 2.24) is 25.5 Å². The van der Waals surface area contributed by atoms with Gasteiger partial charge in [0.1, 0.15) is 6.04 Å². The van der Waals surface area contributed by atoms with Crippen LogP contribution in [-0.4, -0.2) is 78.9 Å². The standard InChI is InChI=1S/C32H42ClN9O4/c1-42(2)19-17-24(31(45)46-3)38-25(43)16-11-21-9-14-23(15-10-21)22-12-7-20(8-13-22)6-4-5-18-37-32(36)41-30(44)26-28(34)40-29(35)27(33)39-26/h7-10,12-15,24H,4-6,11,16-19H2,1-3H3,(H,38,43)(H4,34,35,40)(H3,36,37,41,44)/t24-/m0/s1. The van der Waals surface area contributed by atoms with E-state index in [4.69, 9.17) is 33.5 Å². The molecule has 0 bridgehead atoms. The monoisotopic (exact) mass is 651 g/mol. The fourth-order valence-electron chi connectivity index (χ4n) is 4.49. The largest absolute Gasteiger partial charge is 0.467 e. The van der Waals surface area contributed by atoms with Gasteiger partial charge in [0.15, 0.2) is 28.4 Å². The number of esters is 1. The molecule has 14 heteroatoms. The van der Waals surface area contributed by atoms with Gasteiger partial charge in [-0.3, -0.25) is 19.9 Å². The van der Waals surface area contributed by atoms with Crippen molar-refractivity contribution in [1.29, 1.82) is 0 Å². The molecule has 2 amide bonds. The molecule has 2 aromatic carbocycles. The van der Waals surface area contributed by atoms with E-state index in [1.54, 1.807) is 0 Å². The van der Waals surface area contributed by atoms with Crippen LogP contribution in [0.25, 0.3) is 11.1 Å². The van der Waals surface area contributed by atoms with Crippen molar-refractivity contribution in [3.05, 3.63) is 70.5 Å². The summed E-state index contributed by atoms with van der Waals surface area (Å²) in [6.07, 6.45) is 3.85. The fraction of sp³-hybridized carbons (Fsp3) is 0.375. The molecule has 1 atom stereocenters. The van der Waals surface area contributed by atoms with Gasteiger partial charge in [-0.05, 0) is 68.5 Å². The lowest BCUT2D eigenvalue weighted by Gasteiger charge is -2.18. The number of aliphatic imine (C=N–C) groups is 1. The highest BCUT2D eigenvalue weighted by Crippen LogP contribution is 2.22. The lowest BCUT2D eigenvalue weighted by molar-refractivity contribution is -0.145. The quantitative estimate of drug-likeness (QED) is 0.0703. The van der Waals surface area contributed by atoms with E-state index >= 15 is 0 Å². The number of rotatable bonds is 15. The number of methoxy groups -OCH3 is 1. The van der Waals surface area contributed by atoms with Crippen molar-refractivity contribution < 1.29 is 19.1 Å². The van der Waals surface area contributed by atoms with E-state index in [2.05, 4.69) is 49.9 Å². The number of unbranched alkanes of at least 4 members (excludes halogenated alkanes) is 1. The molecule has 8 N–H and O–H groups in total. The number of nitrogens with two attached hydrogens (primary N) is 3. The molecule has 246 valence electrons. The number of nitrogens with zero attached hydrogens (tertiary/aromatic N) is 4. The highest BCUT2D eigenvalue weighted by molar-refractivity contribution is 6.31. The average Bonchev–Trinajstić information content (AvgIpc) is 3.03. The first kappa shape index (κ1) is 35.7. The number of aryl methyl sites for hydroxylation is 2. The van der Waals surface area contributed by atoms with Crippen LogP contribution in [0, 0.1) is 0 Å². The number of carbonyl (C=O) groups excluding carboxylic acids is 3. The lowest BCUT2D eigenvalue weighted by Crippen LogP contribution is -2.43. The van der Waals surface area contributed by atoms with Crippen LogP contribution in [-0.2, 0) is 27.2 Å². The van der Waals surface area contributed by atoms with Gasteiger partial charge >= 0.3 is 5.97 Å². The number of ether oxygens (including phenoxy) is 1. The number of aromatic nitrogens is 2. The molecule has 0 radical (unpaired) electrons. The third-order valence-electron chi connectivity index (χ3n) is 7.09. The molecule has 0 saturated carbocycles. The van der Waals surface area contributed by atoms with Crippen molar-refractivity contribution in [2.75, 3.05) is 45.8 Å². The zero-order chi connectivity index (χ0) is 33.6. The molecule has 3 rings (SSSR count). The van der Waals surface area contributed by atoms with Crippen molar-refractivity contribution in [3.8, 4) is 11.1 Å². The van der Waals surface area contributed by atoms with Gasteiger partial charge in [-0.1, -0.05) is 60.1 Å². The second kappa shape index (κ2) is 17.7. The third-order valence-corrected chi connectivity index (χ3v) is 7.36. The number of anilines is 2. The molecule has 0 aliphatic rings. The average molecular weight is 652 g/mol. The van der Waals surface area contributed by atoms with Crippen LogP contribution in [0.4, 0.5) is 11.6 Å². The van der Waals surface area contributed by atoms with Crippen LogP contribution < -0.4 is 27.8 Å². The molecule has 3 aromatic rings. The van der Waals surface area contributed by atoms with Gasteiger partial charge in [-0.25, -0.2) is 14.8 Å². The van der Waals surface area contributed by atoms with Crippen molar-refractivity contribution in [2.24, 2.45) is 10.7 Å². The Balaban J connectivity index is 1.41. The van der Waals surface area contributed by atoms with Gasteiger partial charge in [0, 0.05) is 19.5 Å². The predicted molar refractivity (Wildman–Crippen MR) is 180 cm³/mol. The van der Waals surface area contributed by atoms with E-state index < -0.39 is 17.9 Å². The summed E-state index contributed by atoms with van der Waals surface area (Å²) in [6, 6.07) is 15.8. The first-order chi connectivity index (χ1) is 22.0. The van der Waals surface area contributed by atoms with Crippen LogP contribution in [0.15, 0.2) is 53.5 Å². The molecule has 0 fully saturated rings. The van der Waals surface area contributed by atoms with Gasteiger partial charge in [0.05, 0.1) is 7.11 Å². The minimum Gasteiger partial charge on any atom is -0.467 e. The van der Waals surface area contributed by atoms with Crippen LogP contribution in [0.5, 0.6) is 0 Å². The molecule has 0 aliphatic heterocycles. The van der Waals surface area contributed by atoms with E-state index in [9.17, 15) is 14.4 Å². The second-order valence-electron chi connectivity index (χ2n) is 10.9. The van der Waals surface area contributed by atoms with E-state index in [-0.39, 0.29) is 40.8 Å². The third kappa shape index (κ3) is 11.3. The molecule has 1 aromatic heterocycles. The highest BCUT2D eigenvalue weighted by atomic mass is 35.5. The molecule has 46 heavy (non-hydrogen) atoms. The first-order valence-corrected chi connectivity index (χ1v) is 15.2. The zero-order valence-electron chi connectivity index (χ0n) is 26.4. The maximum atomic E-state index is 12.5. The maximum absolute atomic E-state index is 12.5. The number of hydrogen-bond acceptors (Lipinski definition) is 10. The summed E-state index contributed by atoms with van der Waals surface area (Å²) < 4.78 is 4.83. The SMILES string of the molecule is COC(=O)[C@H](CCN(C)C)NC(=O)CCc1ccc(-c2ccc(CCCCN=C(N)NC(=O)c3nc(Cl)c(N)nc3N)cc2)cc1. The van der Waals surface area contributed by atoms with Gasteiger partial charge in [0.25, 0.3) is 5.91 Å². The van der Waals surface area contributed by atoms with Crippen molar-refractivity contribution >= 4 is 47.0 Å². The summed E-state index contributed by atoms with van der Waals surface area (Å²) in [5.41, 5.74) is 21.3. The minimum absolute atomic E-state index is 0.0550. The van der Waals surface area contributed by atoms with Crippen LogP contribution >= 0.6 is 11.6 Å². The minimum atomic E-state index is -0.674. The number of nitrogen functional groups attached to an aromatic ring is 2. The molecule has 0 aliphatic carbocycles. The Morgan fingerprint density at radius 2 is 1.54 bits per heavy atom. The predicted octanol–water partition coefficient (Wildman–Crippen LogP) is 2.57. The summed E-state index contributed by atoms with van der Waals surface area (Å²) in [7, 11) is 5.15. The summed E-state index contributed by atoms with van der Waals surface area (Å²) in [6.45, 7) is 1.09. The number of hydrogen-bond donors (Lipinski definition) is 5. The normalized spacial score (nSPS) is 12.1. The van der Waals surface area contributed by atoms with Gasteiger partial charge in [-0.2, -0.15) is 0 Å². The van der Waals surface area contributed by atoms with E-state index in [0.29, 0.717) is 25.9 Å². The molecule has 0 unspecified atom stereocenters. The van der Waals surface area contributed by atoms with Crippen molar-refractivity contribution in [2.45, 2.75) is 44.6 Å². The number of guanidine groups is 1. The number of carbonyl (C=O) groups is 3. The van der Waals surface area contributed by atoms with E-state index in [0.717, 1.165) is 36.0 Å². The van der Waals surface area contributed by atoms with Gasteiger partial charge in [-0.15, -0.1) is 0 Å².